The maximum atomic E-state index is 5.67. The summed E-state index contributed by atoms with van der Waals surface area (Å²) in [6.07, 6.45) is 1.83. The molecule has 0 amide bonds. The van der Waals surface area contributed by atoms with Crippen molar-refractivity contribution in [3.05, 3.63) is 42.5 Å². The zero-order valence-corrected chi connectivity index (χ0v) is 18.3. The summed E-state index contributed by atoms with van der Waals surface area (Å²) in [5, 5.41) is 6.63. The van der Waals surface area contributed by atoms with Gasteiger partial charge in [0.05, 0.1) is 6.10 Å². The number of aliphatic imine (C=N–C) groups is 1. The number of nitrogens with one attached hydrogen (secondary N) is 2. The molecule has 0 aliphatic rings. The van der Waals surface area contributed by atoms with E-state index in [1.807, 2.05) is 24.3 Å². The van der Waals surface area contributed by atoms with E-state index in [1.54, 1.807) is 20.2 Å². The molecule has 0 radical (unpaired) electrons. The van der Waals surface area contributed by atoms with Gasteiger partial charge >= 0.3 is 0 Å². The molecule has 0 saturated carbocycles. The molecule has 0 fully saturated rings. The normalized spacial score (nSPS) is 12.8. The molecule has 0 bridgehead atoms. The van der Waals surface area contributed by atoms with Gasteiger partial charge in [0.2, 0.25) is 0 Å². The first-order chi connectivity index (χ1) is 11.4. The van der Waals surface area contributed by atoms with Crippen LogP contribution in [0, 0.1) is 5.41 Å². The first kappa shape index (κ1) is 23.7. The molecule has 142 valence electrons. The molecule has 25 heavy (non-hydrogen) atoms. The molecule has 0 aromatic heterocycles. The van der Waals surface area contributed by atoms with Crippen LogP contribution in [0.2, 0.25) is 0 Å². The third-order valence-electron chi connectivity index (χ3n) is 3.70. The van der Waals surface area contributed by atoms with Crippen LogP contribution in [0.3, 0.4) is 0 Å². The van der Waals surface area contributed by atoms with Crippen LogP contribution < -0.4 is 15.4 Å². The summed E-state index contributed by atoms with van der Waals surface area (Å²) < 4.78 is 11.2. The second kappa shape index (κ2) is 12.1. The molecule has 1 atom stereocenters. The number of nitrogens with zero attached hydrogens (tertiary/aromatic N) is 1. The van der Waals surface area contributed by atoms with Crippen molar-refractivity contribution < 1.29 is 9.47 Å². The van der Waals surface area contributed by atoms with Crippen LogP contribution in [-0.4, -0.2) is 39.4 Å². The number of ether oxygens (including phenoxy) is 2. The Hall–Kier alpha value is -1.28. The minimum atomic E-state index is 0. The molecule has 0 aliphatic carbocycles. The van der Waals surface area contributed by atoms with E-state index in [0.717, 1.165) is 17.3 Å². The molecule has 0 spiro atoms. The number of para-hydroxylation sites is 1. The maximum absolute atomic E-state index is 5.67. The van der Waals surface area contributed by atoms with E-state index in [2.05, 4.69) is 43.0 Å². The monoisotopic (exact) mass is 461 g/mol. The lowest BCUT2D eigenvalue weighted by Gasteiger charge is -2.30. The van der Waals surface area contributed by atoms with E-state index in [-0.39, 0.29) is 35.5 Å². The molecule has 5 nitrogen and oxygen atoms in total. The average molecular weight is 461 g/mol. The van der Waals surface area contributed by atoms with Gasteiger partial charge in [-0.15, -0.1) is 24.0 Å². The molecule has 6 heteroatoms. The lowest BCUT2D eigenvalue weighted by atomic mass is 9.89. The van der Waals surface area contributed by atoms with E-state index in [4.69, 9.17) is 9.47 Å². The molecule has 1 aromatic rings. The number of halogens is 1. The highest BCUT2D eigenvalue weighted by Gasteiger charge is 2.24. The Bertz CT molecular complexity index is 542. The third kappa shape index (κ3) is 8.58. The largest absolute Gasteiger partial charge is 0.489 e. The predicted molar refractivity (Wildman–Crippen MR) is 116 cm³/mol. The Morgan fingerprint density at radius 3 is 2.52 bits per heavy atom. The molecule has 1 unspecified atom stereocenters. The number of hydrogen-bond acceptors (Lipinski definition) is 3. The van der Waals surface area contributed by atoms with Crippen molar-refractivity contribution in [2.24, 2.45) is 10.4 Å². The van der Waals surface area contributed by atoms with Gasteiger partial charge in [0.25, 0.3) is 0 Å². The molecule has 0 heterocycles. The molecule has 1 aromatic carbocycles. The summed E-state index contributed by atoms with van der Waals surface area (Å²) in [6, 6.07) is 7.94. The fourth-order valence-electron chi connectivity index (χ4n) is 2.27. The van der Waals surface area contributed by atoms with E-state index >= 15 is 0 Å². The van der Waals surface area contributed by atoms with Crippen molar-refractivity contribution in [1.29, 1.82) is 0 Å². The fraction of sp³-hybridized carbons (Fsp3) is 0.526. The van der Waals surface area contributed by atoms with E-state index in [0.29, 0.717) is 19.7 Å². The lowest BCUT2D eigenvalue weighted by Crippen LogP contribution is -2.45. The summed E-state index contributed by atoms with van der Waals surface area (Å²) in [7, 11) is 3.50. The van der Waals surface area contributed by atoms with Gasteiger partial charge in [-0.05, 0) is 11.5 Å². The van der Waals surface area contributed by atoms with Crippen LogP contribution in [0.5, 0.6) is 5.75 Å². The topological polar surface area (TPSA) is 54.9 Å². The second-order valence-electron chi connectivity index (χ2n) is 6.60. The number of methoxy groups -OCH3 is 1. The smallest absolute Gasteiger partial charge is 0.191 e. The minimum absolute atomic E-state index is 0. The summed E-state index contributed by atoms with van der Waals surface area (Å²) >= 11 is 0. The van der Waals surface area contributed by atoms with E-state index in [1.165, 1.54) is 0 Å². The Morgan fingerprint density at radius 2 is 1.96 bits per heavy atom. The maximum Gasteiger partial charge on any atom is 0.191 e. The number of benzene rings is 1. The minimum Gasteiger partial charge on any atom is -0.489 e. The SMILES string of the molecule is C=CCOc1ccccc1CNC(=NC)NCC(OC)C(C)(C)C.I. The number of guanidine groups is 1. The van der Waals surface area contributed by atoms with Crippen LogP contribution in [0.15, 0.2) is 41.9 Å². The first-order valence-electron chi connectivity index (χ1n) is 8.21. The molecule has 0 aliphatic heterocycles. The van der Waals surface area contributed by atoms with Crippen molar-refractivity contribution in [3.63, 3.8) is 0 Å². The highest BCUT2D eigenvalue weighted by Crippen LogP contribution is 2.21. The van der Waals surface area contributed by atoms with Crippen molar-refractivity contribution in [1.82, 2.24) is 10.6 Å². The van der Waals surface area contributed by atoms with Gasteiger partial charge in [0.15, 0.2) is 5.96 Å². The quantitative estimate of drug-likeness (QED) is 0.269. The lowest BCUT2D eigenvalue weighted by molar-refractivity contribution is 0.0205. The van der Waals surface area contributed by atoms with Crippen molar-refractivity contribution >= 4 is 29.9 Å². The second-order valence-corrected chi connectivity index (χ2v) is 6.60. The van der Waals surface area contributed by atoms with Gasteiger partial charge in [-0.1, -0.05) is 51.6 Å². The average Bonchev–Trinajstić information content (AvgIpc) is 2.55. The van der Waals surface area contributed by atoms with Crippen LogP contribution in [0.25, 0.3) is 0 Å². The molecule has 2 N–H and O–H groups in total. The van der Waals surface area contributed by atoms with Crippen LogP contribution in [0.4, 0.5) is 0 Å². The fourth-order valence-corrected chi connectivity index (χ4v) is 2.27. The van der Waals surface area contributed by atoms with Gasteiger partial charge in [0.1, 0.15) is 12.4 Å². The Labute approximate surface area is 169 Å². The highest BCUT2D eigenvalue weighted by molar-refractivity contribution is 14.0. The first-order valence-corrected chi connectivity index (χ1v) is 8.21. The van der Waals surface area contributed by atoms with Gasteiger partial charge in [-0.2, -0.15) is 0 Å². The van der Waals surface area contributed by atoms with Crippen LogP contribution >= 0.6 is 24.0 Å². The molecule has 0 saturated heterocycles. The summed E-state index contributed by atoms with van der Waals surface area (Å²) in [5.74, 6) is 1.59. The zero-order chi connectivity index (χ0) is 18.0. The summed E-state index contributed by atoms with van der Waals surface area (Å²) in [6.45, 7) is 12.0. The van der Waals surface area contributed by atoms with E-state index in [9.17, 15) is 0 Å². The zero-order valence-electron chi connectivity index (χ0n) is 16.0. The van der Waals surface area contributed by atoms with E-state index < -0.39 is 0 Å². The Balaban J connectivity index is 0.00000576. The standard InChI is InChI=1S/C19H31N3O2.HI/c1-7-12-24-16-11-9-8-10-15(16)13-21-18(20-5)22-14-17(23-6)19(2,3)4;/h7-11,17H,1,12-14H2,2-6H3,(H2,20,21,22);1H. The Kier molecular flexibility index (Phi) is 11.5. The summed E-state index contributed by atoms with van der Waals surface area (Å²) in [5.41, 5.74) is 1.13. The van der Waals surface area contributed by atoms with Crippen LogP contribution in [0.1, 0.15) is 26.3 Å². The molecular formula is C19H32IN3O2. The van der Waals surface area contributed by atoms with Gasteiger partial charge in [-0.3, -0.25) is 4.99 Å². The third-order valence-corrected chi connectivity index (χ3v) is 3.70. The predicted octanol–water partition coefficient (Wildman–Crippen LogP) is 3.60. The van der Waals surface area contributed by atoms with Gasteiger partial charge in [0, 0.05) is 32.8 Å². The number of hydrogen-bond donors (Lipinski definition) is 2. The van der Waals surface area contributed by atoms with Gasteiger partial charge < -0.3 is 20.1 Å². The number of rotatable bonds is 8. The summed E-state index contributed by atoms with van der Waals surface area (Å²) in [4.78, 5) is 4.27. The van der Waals surface area contributed by atoms with Crippen molar-refractivity contribution in [3.8, 4) is 5.75 Å². The molecule has 1 rings (SSSR count). The van der Waals surface area contributed by atoms with Crippen LogP contribution in [-0.2, 0) is 11.3 Å². The van der Waals surface area contributed by atoms with Crippen molar-refractivity contribution in [2.75, 3.05) is 27.3 Å². The molecular weight excluding hydrogens is 429 g/mol. The Morgan fingerprint density at radius 1 is 1.28 bits per heavy atom. The van der Waals surface area contributed by atoms with Gasteiger partial charge in [-0.25, -0.2) is 0 Å². The van der Waals surface area contributed by atoms with Crippen molar-refractivity contribution in [2.45, 2.75) is 33.4 Å². The highest BCUT2D eigenvalue weighted by atomic mass is 127.